The molecular weight excluding hydrogens is 254 g/mol. The predicted octanol–water partition coefficient (Wildman–Crippen LogP) is 0.337. The molecule has 98 valence electrons. The Morgan fingerprint density at radius 1 is 1.44 bits per heavy atom. The molecule has 6 heteroatoms. The van der Waals surface area contributed by atoms with Crippen molar-refractivity contribution < 1.29 is 18.3 Å². The number of hydrogen-bond acceptors (Lipinski definition) is 4. The van der Waals surface area contributed by atoms with Crippen molar-refractivity contribution >= 4 is 10.0 Å². The Morgan fingerprint density at radius 3 is 2.72 bits per heavy atom. The Labute approximate surface area is 107 Å². The maximum Gasteiger partial charge on any atom is 0.241 e. The van der Waals surface area contributed by atoms with Crippen molar-refractivity contribution in [2.45, 2.75) is 11.3 Å². The molecule has 18 heavy (non-hydrogen) atoms. The van der Waals surface area contributed by atoms with Gasteiger partial charge in [0.25, 0.3) is 0 Å². The van der Waals surface area contributed by atoms with Gasteiger partial charge in [0, 0.05) is 12.0 Å². The van der Waals surface area contributed by atoms with Crippen LogP contribution >= 0.6 is 0 Å². The molecule has 0 spiro atoms. The van der Waals surface area contributed by atoms with Crippen LogP contribution < -0.4 is 9.46 Å². The molecule has 0 aliphatic carbocycles. The molecule has 1 aromatic carbocycles. The van der Waals surface area contributed by atoms with Gasteiger partial charge >= 0.3 is 0 Å². The zero-order chi connectivity index (χ0) is 13.6. The molecule has 0 saturated carbocycles. The number of aliphatic hydroxyl groups excluding tert-OH is 1. The van der Waals surface area contributed by atoms with Crippen molar-refractivity contribution in [2.24, 2.45) is 0 Å². The number of sulfonamides is 1. The van der Waals surface area contributed by atoms with Gasteiger partial charge in [0.05, 0.1) is 18.6 Å². The first kappa shape index (κ1) is 14.5. The maximum absolute atomic E-state index is 11.8. The lowest BCUT2D eigenvalue weighted by molar-refractivity contribution is 0.305. The Balaban J connectivity index is 3.31. The summed E-state index contributed by atoms with van der Waals surface area (Å²) in [6.07, 6.45) is 0.288. The van der Waals surface area contributed by atoms with Gasteiger partial charge in [0.1, 0.15) is 5.75 Å². The van der Waals surface area contributed by atoms with Crippen molar-refractivity contribution in [3.05, 3.63) is 23.8 Å². The average Bonchev–Trinajstić information content (AvgIpc) is 2.38. The number of ether oxygens (including phenoxy) is 1. The second kappa shape index (κ2) is 6.40. The first-order valence-corrected chi connectivity index (χ1v) is 6.74. The smallest absolute Gasteiger partial charge is 0.241 e. The van der Waals surface area contributed by atoms with Crippen LogP contribution in [0.4, 0.5) is 0 Å². The van der Waals surface area contributed by atoms with E-state index in [4.69, 9.17) is 9.84 Å². The average molecular weight is 269 g/mol. The fourth-order valence-corrected chi connectivity index (χ4v) is 2.16. The van der Waals surface area contributed by atoms with Crippen LogP contribution in [0.1, 0.15) is 12.0 Å². The highest BCUT2D eigenvalue weighted by atomic mass is 32.2. The van der Waals surface area contributed by atoms with Gasteiger partial charge in [-0.05, 0) is 25.2 Å². The molecule has 0 aliphatic rings. The molecule has 5 nitrogen and oxygen atoms in total. The van der Waals surface area contributed by atoms with E-state index in [0.29, 0.717) is 11.3 Å². The first-order valence-electron chi connectivity index (χ1n) is 5.26. The summed E-state index contributed by atoms with van der Waals surface area (Å²) in [4.78, 5) is 0.0937. The largest absolute Gasteiger partial charge is 0.497 e. The second-order valence-electron chi connectivity index (χ2n) is 3.35. The van der Waals surface area contributed by atoms with E-state index in [1.54, 1.807) is 12.1 Å². The summed E-state index contributed by atoms with van der Waals surface area (Å²) in [5.74, 6) is 5.94. The standard InChI is InChI=1S/C12H15NO4S/c1-13-18(15,16)12-7-6-11(17-2)9-10(12)5-3-4-8-14/h6-7,9,13-14H,4,8H2,1-2H3. The summed E-state index contributed by atoms with van der Waals surface area (Å²) in [6, 6.07) is 4.55. The van der Waals surface area contributed by atoms with E-state index in [2.05, 4.69) is 16.6 Å². The van der Waals surface area contributed by atoms with E-state index in [0.717, 1.165) is 0 Å². The van der Waals surface area contributed by atoms with Gasteiger partial charge in [-0.15, -0.1) is 0 Å². The van der Waals surface area contributed by atoms with E-state index in [1.165, 1.54) is 20.2 Å². The number of rotatable bonds is 4. The van der Waals surface area contributed by atoms with Gasteiger partial charge in [-0.3, -0.25) is 0 Å². The Hall–Kier alpha value is -1.55. The molecule has 0 aliphatic heterocycles. The minimum Gasteiger partial charge on any atom is -0.497 e. The molecule has 0 heterocycles. The molecule has 0 atom stereocenters. The van der Waals surface area contributed by atoms with Crippen molar-refractivity contribution in [1.29, 1.82) is 0 Å². The van der Waals surface area contributed by atoms with Gasteiger partial charge in [0.2, 0.25) is 10.0 Å². The summed E-state index contributed by atoms with van der Waals surface area (Å²) >= 11 is 0. The predicted molar refractivity (Wildman–Crippen MR) is 67.8 cm³/mol. The zero-order valence-corrected chi connectivity index (χ0v) is 11.0. The van der Waals surface area contributed by atoms with Gasteiger partial charge in [-0.25, -0.2) is 13.1 Å². The molecule has 0 fully saturated rings. The van der Waals surface area contributed by atoms with Crippen LogP contribution in [0.2, 0.25) is 0 Å². The quantitative estimate of drug-likeness (QED) is 0.773. The van der Waals surface area contributed by atoms with Crippen molar-refractivity contribution in [1.82, 2.24) is 4.72 Å². The number of nitrogens with one attached hydrogen (secondary N) is 1. The van der Waals surface area contributed by atoms with Gasteiger partial charge in [-0.2, -0.15) is 0 Å². The number of benzene rings is 1. The van der Waals surface area contributed by atoms with Crippen LogP contribution in [0.15, 0.2) is 23.1 Å². The van der Waals surface area contributed by atoms with Crippen molar-refractivity contribution in [2.75, 3.05) is 20.8 Å². The Morgan fingerprint density at radius 2 is 2.17 bits per heavy atom. The molecule has 0 unspecified atom stereocenters. The van der Waals surface area contributed by atoms with E-state index >= 15 is 0 Å². The third-order valence-electron chi connectivity index (χ3n) is 2.20. The molecular formula is C12H15NO4S. The third-order valence-corrected chi connectivity index (χ3v) is 3.68. The molecule has 0 bridgehead atoms. The monoisotopic (exact) mass is 269 g/mol. The normalized spacial score (nSPS) is 10.6. The molecule has 0 saturated heterocycles. The van der Waals surface area contributed by atoms with Crippen LogP contribution in [-0.2, 0) is 10.0 Å². The van der Waals surface area contributed by atoms with E-state index in [-0.39, 0.29) is 17.9 Å². The Kier molecular flexibility index (Phi) is 5.16. The molecule has 0 amide bonds. The fourth-order valence-electron chi connectivity index (χ4n) is 1.29. The topological polar surface area (TPSA) is 75.6 Å². The molecule has 1 rings (SSSR count). The second-order valence-corrected chi connectivity index (χ2v) is 5.20. The third kappa shape index (κ3) is 3.47. The molecule has 0 radical (unpaired) electrons. The Bertz CT molecular complexity index is 569. The lowest BCUT2D eigenvalue weighted by Gasteiger charge is -2.07. The van der Waals surface area contributed by atoms with E-state index in [1.807, 2.05) is 0 Å². The molecule has 2 N–H and O–H groups in total. The fraction of sp³-hybridized carbons (Fsp3) is 0.333. The maximum atomic E-state index is 11.8. The lowest BCUT2D eigenvalue weighted by Crippen LogP contribution is -2.19. The highest BCUT2D eigenvalue weighted by molar-refractivity contribution is 7.89. The minimum atomic E-state index is -3.56. The number of methoxy groups -OCH3 is 1. The van der Waals surface area contributed by atoms with Gasteiger partial charge < -0.3 is 9.84 Å². The van der Waals surface area contributed by atoms with Crippen LogP contribution in [0.25, 0.3) is 0 Å². The van der Waals surface area contributed by atoms with Crippen LogP contribution in [0, 0.1) is 11.8 Å². The van der Waals surface area contributed by atoms with Gasteiger partial charge in [-0.1, -0.05) is 11.8 Å². The van der Waals surface area contributed by atoms with Crippen molar-refractivity contribution in [3.8, 4) is 17.6 Å². The van der Waals surface area contributed by atoms with Crippen LogP contribution in [-0.4, -0.2) is 34.3 Å². The minimum absolute atomic E-state index is 0.0644. The summed E-state index contributed by atoms with van der Waals surface area (Å²) in [5.41, 5.74) is 0.345. The summed E-state index contributed by atoms with van der Waals surface area (Å²) in [7, 11) is -0.731. The first-order chi connectivity index (χ1) is 8.55. The van der Waals surface area contributed by atoms with Crippen LogP contribution in [0.3, 0.4) is 0 Å². The summed E-state index contributed by atoms with van der Waals surface area (Å²) in [5, 5.41) is 8.66. The number of aliphatic hydroxyl groups is 1. The summed E-state index contributed by atoms with van der Waals surface area (Å²) in [6.45, 7) is -0.0644. The van der Waals surface area contributed by atoms with Crippen LogP contribution in [0.5, 0.6) is 5.75 Å². The zero-order valence-electron chi connectivity index (χ0n) is 10.2. The lowest BCUT2D eigenvalue weighted by atomic mass is 10.2. The molecule has 0 aromatic heterocycles. The van der Waals surface area contributed by atoms with Crippen molar-refractivity contribution in [3.63, 3.8) is 0 Å². The SMILES string of the molecule is CNS(=O)(=O)c1ccc(OC)cc1C#CCCO. The highest BCUT2D eigenvalue weighted by Gasteiger charge is 2.16. The summed E-state index contributed by atoms with van der Waals surface area (Å²) < 4.78 is 30.8. The number of hydrogen-bond donors (Lipinski definition) is 2. The highest BCUT2D eigenvalue weighted by Crippen LogP contribution is 2.20. The van der Waals surface area contributed by atoms with E-state index in [9.17, 15) is 8.42 Å². The molecule has 1 aromatic rings. The van der Waals surface area contributed by atoms with E-state index < -0.39 is 10.0 Å². The van der Waals surface area contributed by atoms with Gasteiger partial charge in [0.15, 0.2) is 0 Å².